The third kappa shape index (κ3) is 3.26. The maximum atomic E-state index is 5.95. The van der Waals surface area contributed by atoms with E-state index in [1.54, 1.807) is 0 Å². The molecule has 0 heterocycles. The molecule has 0 aromatic heterocycles. The van der Waals surface area contributed by atoms with E-state index in [0.717, 1.165) is 15.9 Å². The second-order valence-corrected chi connectivity index (χ2v) is 5.34. The molecule has 1 aromatic carbocycles. The highest BCUT2D eigenvalue weighted by Gasteiger charge is 2.16. The molecule has 14 heavy (non-hydrogen) atoms. The van der Waals surface area contributed by atoms with Gasteiger partial charge in [0, 0.05) is 15.0 Å². The quantitative estimate of drug-likeness (QED) is 0.889. The summed E-state index contributed by atoms with van der Waals surface area (Å²) in [6.07, 6.45) is 0.949. The summed E-state index contributed by atoms with van der Waals surface area (Å²) in [5.41, 5.74) is 1.32. The number of nitrogens with one attached hydrogen (secondary N) is 1. The van der Waals surface area contributed by atoms with E-state index in [0.29, 0.717) is 0 Å². The fourth-order valence-electron chi connectivity index (χ4n) is 1.24. The summed E-state index contributed by atoms with van der Waals surface area (Å²) in [5, 5.41) is 4.06. The molecule has 0 atom stereocenters. The Morgan fingerprint density at radius 2 is 2.07 bits per heavy atom. The summed E-state index contributed by atoms with van der Waals surface area (Å²) in [7, 11) is 1.97. The highest BCUT2D eigenvalue weighted by atomic mass is 79.9. The topological polar surface area (TPSA) is 12.0 Å². The van der Waals surface area contributed by atoms with E-state index in [9.17, 15) is 0 Å². The van der Waals surface area contributed by atoms with Crippen molar-refractivity contribution in [3.05, 3.63) is 33.3 Å². The number of benzene rings is 1. The molecule has 0 saturated heterocycles. The van der Waals surface area contributed by atoms with Crippen LogP contribution in [0.25, 0.3) is 0 Å². The molecule has 78 valence electrons. The van der Waals surface area contributed by atoms with Crippen LogP contribution in [0.5, 0.6) is 0 Å². The number of hydrogen-bond acceptors (Lipinski definition) is 1. The molecule has 0 radical (unpaired) electrons. The molecule has 1 N–H and O–H groups in total. The molecule has 0 unspecified atom stereocenters. The molecule has 0 aliphatic heterocycles. The molecule has 0 amide bonds. The lowest BCUT2D eigenvalue weighted by atomic mass is 9.95. The van der Waals surface area contributed by atoms with Crippen molar-refractivity contribution in [2.24, 2.45) is 0 Å². The monoisotopic (exact) mass is 275 g/mol. The van der Waals surface area contributed by atoms with Crippen LogP contribution in [0.4, 0.5) is 0 Å². The predicted octanol–water partition coefficient (Wildman–Crippen LogP) is 3.64. The van der Waals surface area contributed by atoms with Crippen molar-refractivity contribution in [3.8, 4) is 0 Å². The van der Waals surface area contributed by atoms with Gasteiger partial charge in [0.25, 0.3) is 0 Å². The van der Waals surface area contributed by atoms with Gasteiger partial charge in [-0.1, -0.05) is 27.5 Å². The Hall–Kier alpha value is -0.0500. The number of likely N-dealkylation sites (N-methyl/N-ethyl adjacent to an activating group) is 1. The summed E-state index contributed by atoms with van der Waals surface area (Å²) in [6.45, 7) is 4.33. The normalized spacial score (nSPS) is 11.8. The average molecular weight is 277 g/mol. The number of rotatable bonds is 3. The van der Waals surface area contributed by atoms with E-state index < -0.39 is 0 Å². The summed E-state index contributed by atoms with van der Waals surface area (Å²) in [5.74, 6) is 0. The molecular weight excluding hydrogens is 261 g/mol. The SMILES string of the molecule is CNC(C)(C)Cc1cc(Cl)ccc1Br. The molecule has 0 saturated carbocycles. The van der Waals surface area contributed by atoms with Crippen LogP contribution in [-0.2, 0) is 6.42 Å². The Kier molecular flexibility index (Phi) is 3.99. The van der Waals surface area contributed by atoms with Gasteiger partial charge in [0.15, 0.2) is 0 Å². The highest BCUT2D eigenvalue weighted by Crippen LogP contribution is 2.24. The zero-order valence-corrected chi connectivity index (χ0v) is 11.0. The van der Waals surface area contributed by atoms with E-state index in [4.69, 9.17) is 11.6 Å². The van der Waals surface area contributed by atoms with Crippen molar-refractivity contribution < 1.29 is 0 Å². The van der Waals surface area contributed by atoms with Crippen LogP contribution in [-0.4, -0.2) is 12.6 Å². The van der Waals surface area contributed by atoms with E-state index in [1.165, 1.54) is 5.56 Å². The minimum absolute atomic E-state index is 0.0905. The van der Waals surface area contributed by atoms with Crippen molar-refractivity contribution in [2.75, 3.05) is 7.05 Å². The third-order valence-electron chi connectivity index (χ3n) is 2.32. The van der Waals surface area contributed by atoms with Crippen LogP contribution in [0, 0.1) is 0 Å². The van der Waals surface area contributed by atoms with Crippen LogP contribution >= 0.6 is 27.5 Å². The molecule has 0 aliphatic carbocycles. The maximum absolute atomic E-state index is 5.95. The smallest absolute Gasteiger partial charge is 0.0409 e. The molecular formula is C11H15BrClN. The first kappa shape index (κ1) is 12.0. The van der Waals surface area contributed by atoms with Gasteiger partial charge in [-0.3, -0.25) is 0 Å². The maximum Gasteiger partial charge on any atom is 0.0409 e. The summed E-state index contributed by atoms with van der Waals surface area (Å²) in [4.78, 5) is 0. The van der Waals surface area contributed by atoms with Gasteiger partial charge < -0.3 is 5.32 Å². The standard InChI is InChI=1S/C11H15BrClN/c1-11(2,14-3)7-8-6-9(13)4-5-10(8)12/h4-6,14H,7H2,1-3H3. The van der Waals surface area contributed by atoms with Gasteiger partial charge in [0.1, 0.15) is 0 Å². The van der Waals surface area contributed by atoms with Crippen molar-refractivity contribution >= 4 is 27.5 Å². The second-order valence-electron chi connectivity index (χ2n) is 4.05. The van der Waals surface area contributed by atoms with Crippen molar-refractivity contribution in [1.29, 1.82) is 0 Å². The van der Waals surface area contributed by atoms with Gasteiger partial charge >= 0.3 is 0 Å². The summed E-state index contributed by atoms with van der Waals surface area (Å²) >= 11 is 9.47. The Balaban J connectivity index is 2.91. The Morgan fingerprint density at radius 1 is 1.43 bits per heavy atom. The Labute approximate surface area is 99.0 Å². The largest absolute Gasteiger partial charge is 0.314 e. The van der Waals surface area contributed by atoms with Crippen LogP contribution in [0.15, 0.2) is 22.7 Å². The third-order valence-corrected chi connectivity index (χ3v) is 3.33. The molecule has 1 rings (SSSR count). The van der Waals surface area contributed by atoms with E-state index in [1.807, 2.05) is 25.2 Å². The van der Waals surface area contributed by atoms with Gasteiger partial charge in [0.05, 0.1) is 0 Å². The van der Waals surface area contributed by atoms with Gasteiger partial charge in [-0.05, 0) is 51.1 Å². The van der Waals surface area contributed by atoms with Crippen molar-refractivity contribution in [3.63, 3.8) is 0 Å². The first-order valence-electron chi connectivity index (χ1n) is 4.57. The Bertz CT molecular complexity index is 323. The van der Waals surface area contributed by atoms with Gasteiger partial charge in [0.2, 0.25) is 0 Å². The first-order chi connectivity index (χ1) is 6.44. The molecule has 0 fully saturated rings. The van der Waals surface area contributed by atoms with Gasteiger partial charge in [-0.2, -0.15) is 0 Å². The second kappa shape index (κ2) is 4.65. The highest BCUT2D eigenvalue weighted by molar-refractivity contribution is 9.10. The Morgan fingerprint density at radius 3 is 2.64 bits per heavy atom. The lowest BCUT2D eigenvalue weighted by molar-refractivity contribution is 0.421. The fraction of sp³-hybridized carbons (Fsp3) is 0.455. The van der Waals surface area contributed by atoms with Crippen LogP contribution < -0.4 is 5.32 Å². The van der Waals surface area contributed by atoms with Crippen LogP contribution in [0.3, 0.4) is 0 Å². The van der Waals surface area contributed by atoms with Crippen LogP contribution in [0.2, 0.25) is 5.02 Å². The molecule has 0 bridgehead atoms. The van der Waals surface area contributed by atoms with Gasteiger partial charge in [-0.25, -0.2) is 0 Å². The molecule has 1 aromatic rings. The van der Waals surface area contributed by atoms with E-state index in [2.05, 4.69) is 35.1 Å². The summed E-state index contributed by atoms with van der Waals surface area (Å²) < 4.78 is 1.12. The zero-order valence-electron chi connectivity index (χ0n) is 8.70. The molecule has 0 spiro atoms. The minimum atomic E-state index is 0.0905. The fourth-order valence-corrected chi connectivity index (χ4v) is 1.82. The van der Waals surface area contributed by atoms with Crippen molar-refractivity contribution in [1.82, 2.24) is 5.32 Å². The molecule has 0 aliphatic rings. The van der Waals surface area contributed by atoms with Crippen LogP contribution in [0.1, 0.15) is 19.4 Å². The van der Waals surface area contributed by atoms with E-state index >= 15 is 0 Å². The average Bonchev–Trinajstić information content (AvgIpc) is 2.11. The van der Waals surface area contributed by atoms with Gasteiger partial charge in [-0.15, -0.1) is 0 Å². The lowest BCUT2D eigenvalue weighted by Gasteiger charge is -2.24. The van der Waals surface area contributed by atoms with E-state index in [-0.39, 0.29) is 5.54 Å². The summed E-state index contributed by atoms with van der Waals surface area (Å²) in [6, 6.07) is 5.88. The molecule has 1 nitrogen and oxygen atoms in total. The number of halogens is 2. The minimum Gasteiger partial charge on any atom is -0.314 e. The molecule has 3 heteroatoms. The lowest BCUT2D eigenvalue weighted by Crippen LogP contribution is -2.38. The van der Waals surface area contributed by atoms with Crippen molar-refractivity contribution in [2.45, 2.75) is 25.8 Å². The first-order valence-corrected chi connectivity index (χ1v) is 5.74. The zero-order chi connectivity index (χ0) is 10.8. The predicted molar refractivity (Wildman–Crippen MR) is 66.0 cm³/mol. The number of hydrogen-bond donors (Lipinski definition) is 1.